The van der Waals surface area contributed by atoms with Gasteiger partial charge in [-0.15, -0.1) is 11.6 Å². The second kappa shape index (κ2) is 11.6. The molecule has 7 heteroatoms. The first kappa shape index (κ1) is 26.5. The lowest BCUT2D eigenvalue weighted by Crippen LogP contribution is -2.49. The third kappa shape index (κ3) is 6.54. The lowest BCUT2D eigenvalue weighted by molar-refractivity contribution is 0.0324. The van der Waals surface area contributed by atoms with E-state index in [4.69, 9.17) is 25.3 Å². The number of alkyl halides is 1. The van der Waals surface area contributed by atoms with E-state index in [1.165, 1.54) is 64.2 Å². The van der Waals surface area contributed by atoms with Crippen LogP contribution in [0.1, 0.15) is 97.8 Å². The molecule has 0 amide bonds. The standard InChI is InChI=1S/C25H45BClNO3Si/c1-25(2,3)32(4,5)31-21(17-12-18-28)24(27)26-29-22(19-13-8-6-9-14-19)23(30-26)20-15-10-7-11-16-20/h19-24H,6-17H2,1-5H3/t21-,22+,23+,24+/m0/s1. The fourth-order valence-corrected chi connectivity index (χ4v) is 7.31. The summed E-state index contributed by atoms with van der Waals surface area (Å²) in [4.78, 5) is 0. The molecule has 3 aliphatic rings. The molecule has 1 saturated heterocycles. The smallest absolute Gasteiger partial charge is 0.413 e. The number of halogens is 1. The van der Waals surface area contributed by atoms with Crippen LogP contribution in [0.25, 0.3) is 0 Å². The minimum absolute atomic E-state index is 0.0845. The van der Waals surface area contributed by atoms with Crippen LogP contribution in [-0.4, -0.2) is 39.0 Å². The van der Waals surface area contributed by atoms with Crippen LogP contribution < -0.4 is 0 Å². The van der Waals surface area contributed by atoms with Crippen molar-refractivity contribution in [2.45, 2.75) is 140 Å². The predicted molar refractivity (Wildman–Crippen MR) is 135 cm³/mol. The van der Waals surface area contributed by atoms with Gasteiger partial charge in [0, 0.05) is 6.42 Å². The van der Waals surface area contributed by atoms with Crippen molar-refractivity contribution in [2.75, 3.05) is 0 Å². The minimum atomic E-state index is -2.04. The van der Waals surface area contributed by atoms with Gasteiger partial charge in [-0.05, 0) is 62.1 Å². The highest BCUT2D eigenvalue weighted by Crippen LogP contribution is 2.43. The SMILES string of the molecule is CC(C)(C)[Si](C)(C)O[C@@H](CCC#N)[C@@H](Cl)B1O[C@H](C2CCCCC2)[C@@H](C2CCCCC2)O1. The summed E-state index contributed by atoms with van der Waals surface area (Å²) in [6, 6.07) is 2.28. The molecule has 1 aliphatic heterocycles. The van der Waals surface area contributed by atoms with Gasteiger partial charge in [-0.3, -0.25) is 0 Å². The predicted octanol–water partition coefficient (Wildman–Crippen LogP) is 7.26. The van der Waals surface area contributed by atoms with Gasteiger partial charge in [0.15, 0.2) is 8.32 Å². The highest BCUT2D eigenvalue weighted by Gasteiger charge is 2.52. The average Bonchev–Trinajstić information content (AvgIpc) is 3.22. The van der Waals surface area contributed by atoms with Crippen molar-refractivity contribution in [3.05, 3.63) is 0 Å². The second-order valence-corrected chi connectivity index (χ2v) is 17.2. The first-order valence-electron chi connectivity index (χ1n) is 13.1. The summed E-state index contributed by atoms with van der Waals surface area (Å²) in [5.74, 6) is 1.17. The van der Waals surface area contributed by atoms with Crippen LogP contribution in [0, 0.1) is 23.2 Å². The molecule has 4 nitrogen and oxygen atoms in total. The van der Waals surface area contributed by atoms with E-state index in [2.05, 4.69) is 39.9 Å². The van der Waals surface area contributed by atoms with E-state index in [0.29, 0.717) is 24.7 Å². The Labute approximate surface area is 203 Å². The van der Waals surface area contributed by atoms with Crippen molar-refractivity contribution in [1.82, 2.24) is 0 Å². The molecule has 1 heterocycles. The Morgan fingerprint density at radius 2 is 1.44 bits per heavy atom. The summed E-state index contributed by atoms with van der Waals surface area (Å²) in [6.45, 7) is 11.2. The van der Waals surface area contributed by atoms with Crippen molar-refractivity contribution in [3.63, 3.8) is 0 Å². The van der Waals surface area contributed by atoms with Crippen LogP contribution in [0.5, 0.6) is 0 Å². The number of nitrogens with zero attached hydrogens (tertiary/aromatic N) is 1. The van der Waals surface area contributed by atoms with E-state index in [1.54, 1.807) is 0 Å². The van der Waals surface area contributed by atoms with Crippen molar-refractivity contribution in [3.8, 4) is 6.07 Å². The molecule has 0 radical (unpaired) electrons. The Morgan fingerprint density at radius 3 is 1.84 bits per heavy atom. The zero-order chi connectivity index (χ0) is 23.4. The molecule has 4 atom stereocenters. The molecule has 0 bridgehead atoms. The van der Waals surface area contributed by atoms with Gasteiger partial charge in [0.25, 0.3) is 0 Å². The summed E-state index contributed by atoms with van der Waals surface area (Å²) >= 11 is 7.09. The van der Waals surface area contributed by atoms with Gasteiger partial charge in [0.2, 0.25) is 0 Å². The van der Waals surface area contributed by atoms with Crippen molar-refractivity contribution < 1.29 is 13.7 Å². The van der Waals surface area contributed by atoms with Crippen molar-refractivity contribution >= 4 is 27.0 Å². The van der Waals surface area contributed by atoms with Gasteiger partial charge < -0.3 is 13.7 Å². The maximum absolute atomic E-state index is 9.25. The lowest BCUT2D eigenvalue weighted by atomic mass is 9.77. The zero-order valence-electron chi connectivity index (χ0n) is 21.1. The van der Waals surface area contributed by atoms with Gasteiger partial charge >= 0.3 is 7.12 Å². The molecule has 3 rings (SSSR count). The van der Waals surface area contributed by atoms with E-state index >= 15 is 0 Å². The maximum atomic E-state index is 9.25. The number of rotatable bonds is 8. The Bertz CT molecular complexity index is 600. The Morgan fingerprint density at radius 1 is 0.969 bits per heavy atom. The monoisotopic (exact) mass is 481 g/mol. The summed E-state index contributed by atoms with van der Waals surface area (Å²) in [5.41, 5.74) is 0. The Kier molecular flexibility index (Phi) is 9.61. The highest BCUT2D eigenvalue weighted by molar-refractivity contribution is 6.74. The molecule has 0 spiro atoms. The normalized spacial score (nSPS) is 28.5. The average molecular weight is 482 g/mol. The van der Waals surface area contributed by atoms with E-state index < -0.39 is 20.7 Å². The minimum Gasteiger partial charge on any atom is -0.413 e. The molecule has 0 aromatic rings. The molecule has 2 aliphatic carbocycles. The Hall–Kier alpha value is -0.0582. The highest BCUT2D eigenvalue weighted by atomic mass is 35.5. The maximum Gasteiger partial charge on any atom is 0.479 e. The third-order valence-corrected chi connectivity index (χ3v) is 13.5. The van der Waals surface area contributed by atoms with E-state index in [-0.39, 0.29) is 23.4 Å². The quantitative estimate of drug-likeness (QED) is 0.270. The molecule has 0 unspecified atom stereocenters. The van der Waals surface area contributed by atoms with Crippen LogP contribution >= 0.6 is 11.6 Å². The van der Waals surface area contributed by atoms with Crippen molar-refractivity contribution in [2.24, 2.45) is 11.8 Å². The molecule has 2 saturated carbocycles. The lowest BCUT2D eigenvalue weighted by Gasteiger charge is -2.40. The largest absolute Gasteiger partial charge is 0.479 e. The van der Waals surface area contributed by atoms with Gasteiger partial charge in [-0.25, -0.2) is 0 Å². The molecule has 182 valence electrons. The van der Waals surface area contributed by atoms with Crippen LogP contribution in [0.15, 0.2) is 0 Å². The van der Waals surface area contributed by atoms with Crippen molar-refractivity contribution in [1.29, 1.82) is 5.26 Å². The first-order chi connectivity index (χ1) is 15.1. The topological polar surface area (TPSA) is 51.5 Å². The van der Waals surface area contributed by atoms with Gasteiger partial charge in [-0.2, -0.15) is 5.26 Å². The fourth-order valence-electron chi connectivity index (χ4n) is 5.55. The van der Waals surface area contributed by atoms with E-state index in [0.717, 1.165) is 0 Å². The number of nitriles is 1. The molecular formula is C25H45BClNO3Si. The third-order valence-electron chi connectivity index (χ3n) is 8.54. The first-order valence-corrected chi connectivity index (χ1v) is 16.5. The molecule has 0 N–H and O–H groups in total. The summed E-state index contributed by atoms with van der Waals surface area (Å²) in [6.07, 6.45) is 14.0. The summed E-state index contributed by atoms with van der Waals surface area (Å²) < 4.78 is 20.1. The Balaban J connectivity index is 1.76. The molecular weight excluding hydrogens is 437 g/mol. The molecule has 0 aromatic heterocycles. The van der Waals surface area contributed by atoms with E-state index in [9.17, 15) is 5.26 Å². The summed E-state index contributed by atoms with van der Waals surface area (Å²) in [5, 5.41) is 8.94. The molecule has 3 fully saturated rings. The fraction of sp³-hybridized carbons (Fsp3) is 0.960. The second-order valence-electron chi connectivity index (χ2n) is 11.9. The number of hydrogen-bond acceptors (Lipinski definition) is 4. The zero-order valence-corrected chi connectivity index (χ0v) is 22.8. The van der Waals surface area contributed by atoms with E-state index in [1.807, 2.05) is 0 Å². The summed E-state index contributed by atoms with van der Waals surface area (Å²) in [7, 11) is -2.48. The van der Waals surface area contributed by atoms with Gasteiger partial charge in [-0.1, -0.05) is 59.3 Å². The van der Waals surface area contributed by atoms with Gasteiger partial charge in [0.1, 0.15) is 0 Å². The van der Waals surface area contributed by atoms with Crippen LogP contribution in [0.3, 0.4) is 0 Å². The molecule has 32 heavy (non-hydrogen) atoms. The van der Waals surface area contributed by atoms with Crippen LogP contribution in [-0.2, 0) is 13.7 Å². The van der Waals surface area contributed by atoms with Crippen LogP contribution in [0.2, 0.25) is 18.1 Å². The van der Waals surface area contributed by atoms with Gasteiger partial charge in [0.05, 0.1) is 29.7 Å². The number of hydrogen-bond donors (Lipinski definition) is 0. The van der Waals surface area contributed by atoms with Crippen LogP contribution in [0.4, 0.5) is 0 Å². The molecule has 0 aromatic carbocycles.